The molecule has 6 nitrogen and oxygen atoms in total. The summed E-state index contributed by atoms with van der Waals surface area (Å²) in [6, 6.07) is 7.15. The molecule has 28 heavy (non-hydrogen) atoms. The Morgan fingerprint density at radius 2 is 2.18 bits per heavy atom. The van der Waals surface area contributed by atoms with E-state index in [0.29, 0.717) is 36.9 Å². The number of rotatable bonds is 6. The SMILES string of the molecule is CCOC(=O)C[C@H]1CCCN(C(=O)C(C)Oc2ccc3c(Cl)ccnc3c2)C1. The number of hydrogen-bond acceptors (Lipinski definition) is 5. The largest absolute Gasteiger partial charge is 0.481 e. The standard InChI is InChI=1S/C21H25ClN2O4/c1-3-27-20(25)11-15-5-4-10-24(13-15)21(26)14(2)28-16-6-7-17-18(22)8-9-23-19(17)12-16/h6-9,12,14-15H,3-5,10-11,13H2,1-2H3/t14?,15-/m1/s1. The maximum Gasteiger partial charge on any atom is 0.306 e. The highest BCUT2D eigenvalue weighted by molar-refractivity contribution is 6.35. The Morgan fingerprint density at radius 1 is 1.36 bits per heavy atom. The van der Waals surface area contributed by atoms with E-state index in [2.05, 4.69) is 4.98 Å². The lowest BCUT2D eigenvalue weighted by molar-refractivity contribution is -0.147. The number of hydrogen-bond donors (Lipinski definition) is 0. The summed E-state index contributed by atoms with van der Waals surface area (Å²) in [5.74, 6) is 0.431. The number of carbonyl (C=O) groups excluding carboxylic acids is 2. The topological polar surface area (TPSA) is 68.7 Å². The first-order chi connectivity index (χ1) is 13.5. The fourth-order valence-electron chi connectivity index (χ4n) is 3.57. The molecule has 1 aromatic heterocycles. The third-order valence-corrected chi connectivity index (χ3v) is 5.24. The molecule has 1 aliphatic heterocycles. The number of esters is 1. The lowest BCUT2D eigenvalue weighted by atomic mass is 9.94. The second kappa shape index (κ2) is 9.24. The molecule has 1 aromatic carbocycles. The zero-order chi connectivity index (χ0) is 20.1. The molecule has 150 valence electrons. The number of halogens is 1. The third-order valence-electron chi connectivity index (χ3n) is 4.91. The maximum atomic E-state index is 12.8. The van der Waals surface area contributed by atoms with Crippen LogP contribution in [0.4, 0.5) is 0 Å². The van der Waals surface area contributed by atoms with Gasteiger partial charge in [0.15, 0.2) is 6.10 Å². The molecule has 1 saturated heterocycles. The Bertz CT molecular complexity index is 857. The molecule has 1 aliphatic rings. The summed E-state index contributed by atoms with van der Waals surface area (Å²) >= 11 is 6.16. The van der Waals surface area contributed by atoms with Crippen LogP contribution in [-0.2, 0) is 14.3 Å². The van der Waals surface area contributed by atoms with Gasteiger partial charge in [-0.1, -0.05) is 11.6 Å². The van der Waals surface area contributed by atoms with E-state index in [9.17, 15) is 9.59 Å². The van der Waals surface area contributed by atoms with Gasteiger partial charge < -0.3 is 14.4 Å². The zero-order valence-corrected chi connectivity index (χ0v) is 16.9. The van der Waals surface area contributed by atoms with Gasteiger partial charge in [-0.25, -0.2) is 0 Å². The summed E-state index contributed by atoms with van der Waals surface area (Å²) in [6.45, 7) is 5.16. The average Bonchev–Trinajstić information content (AvgIpc) is 2.68. The van der Waals surface area contributed by atoms with Crippen molar-refractivity contribution >= 4 is 34.4 Å². The highest BCUT2D eigenvalue weighted by Crippen LogP contribution is 2.26. The Hall–Kier alpha value is -2.34. The van der Waals surface area contributed by atoms with Crippen LogP contribution in [0, 0.1) is 5.92 Å². The van der Waals surface area contributed by atoms with Crippen LogP contribution in [0.2, 0.25) is 5.02 Å². The maximum absolute atomic E-state index is 12.8. The van der Waals surface area contributed by atoms with Crippen LogP contribution in [0.3, 0.4) is 0 Å². The number of ether oxygens (including phenoxy) is 2. The van der Waals surface area contributed by atoms with E-state index in [-0.39, 0.29) is 17.8 Å². The molecule has 2 aromatic rings. The second-order valence-corrected chi connectivity index (χ2v) is 7.44. The molecule has 1 amide bonds. The van der Waals surface area contributed by atoms with E-state index in [1.807, 2.05) is 6.07 Å². The van der Waals surface area contributed by atoms with E-state index >= 15 is 0 Å². The minimum absolute atomic E-state index is 0.0762. The lowest BCUT2D eigenvalue weighted by Crippen LogP contribution is -2.46. The van der Waals surface area contributed by atoms with Crippen LogP contribution in [0.25, 0.3) is 10.9 Å². The number of carbonyl (C=O) groups is 2. The zero-order valence-electron chi connectivity index (χ0n) is 16.2. The Labute approximate surface area is 169 Å². The van der Waals surface area contributed by atoms with Gasteiger partial charge in [0.05, 0.1) is 23.6 Å². The smallest absolute Gasteiger partial charge is 0.306 e. The molecular weight excluding hydrogens is 380 g/mol. The molecule has 0 aliphatic carbocycles. The normalized spacial score (nSPS) is 18.0. The molecule has 7 heteroatoms. The summed E-state index contributed by atoms with van der Waals surface area (Å²) < 4.78 is 10.9. The number of amides is 1. The van der Waals surface area contributed by atoms with E-state index in [0.717, 1.165) is 23.7 Å². The molecule has 0 bridgehead atoms. The van der Waals surface area contributed by atoms with Crippen molar-refractivity contribution in [2.24, 2.45) is 5.92 Å². The van der Waals surface area contributed by atoms with Crippen LogP contribution in [-0.4, -0.2) is 47.6 Å². The fourth-order valence-corrected chi connectivity index (χ4v) is 3.78. The van der Waals surface area contributed by atoms with E-state index in [4.69, 9.17) is 21.1 Å². The predicted octanol–water partition coefficient (Wildman–Crippen LogP) is 3.85. The van der Waals surface area contributed by atoms with Crippen molar-refractivity contribution in [3.63, 3.8) is 0 Å². The first-order valence-corrected chi connectivity index (χ1v) is 10.0. The number of benzene rings is 1. The number of fused-ring (bicyclic) bond motifs is 1. The van der Waals surface area contributed by atoms with E-state index < -0.39 is 6.10 Å². The summed E-state index contributed by atoms with van der Waals surface area (Å²) in [4.78, 5) is 30.6. The summed E-state index contributed by atoms with van der Waals surface area (Å²) in [5.41, 5.74) is 0.720. The average molecular weight is 405 g/mol. The van der Waals surface area contributed by atoms with E-state index in [1.54, 1.807) is 43.1 Å². The highest BCUT2D eigenvalue weighted by atomic mass is 35.5. The summed E-state index contributed by atoms with van der Waals surface area (Å²) in [5, 5.41) is 1.47. The highest BCUT2D eigenvalue weighted by Gasteiger charge is 2.29. The van der Waals surface area contributed by atoms with Gasteiger partial charge in [0, 0.05) is 30.7 Å². The van der Waals surface area contributed by atoms with Crippen LogP contribution in [0.1, 0.15) is 33.1 Å². The van der Waals surface area contributed by atoms with Gasteiger partial charge in [0.1, 0.15) is 5.75 Å². The molecule has 2 heterocycles. The minimum Gasteiger partial charge on any atom is -0.481 e. The van der Waals surface area contributed by atoms with Gasteiger partial charge in [0.2, 0.25) is 0 Å². The predicted molar refractivity (Wildman–Crippen MR) is 107 cm³/mol. The van der Waals surface area contributed by atoms with Crippen molar-refractivity contribution in [3.05, 3.63) is 35.5 Å². The quantitative estimate of drug-likeness (QED) is 0.684. The van der Waals surface area contributed by atoms with Gasteiger partial charge >= 0.3 is 5.97 Å². The van der Waals surface area contributed by atoms with Crippen molar-refractivity contribution in [1.29, 1.82) is 0 Å². The minimum atomic E-state index is -0.627. The molecule has 3 rings (SSSR count). The Balaban J connectivity index is 1.61. The molecule has 0 radical (unpaired) electrons. The fraction of sp³-hybridized carbons (Fsp3) is 0.476. The molecule has 0 saturated carbocycles. The number of nitrogens with zero attached hydrogens (tertiary/aromatic N) is 2. The van der Waals surface area contributed by atoms with Crippen molar-refractivity contribution in [3.8, 4) is 5.75 Å². The number of aromatic nitrogens is 1. The van der Waals surface area contributed by atoms with Gasteiger partial charge in [-0.15, -0.1) is 0 Å². The van der Waals surface area contributed by atoms with Crippen LogP contribution < -0.4 is 4.74 Å². The van der Waals surface area contributed by atoms with Gasteiger partial charge in [-0.2, -0.15) is 0 Å². The Morgan fingerprint density at radius 3 is 2.96 bits per heavy atom. The van der Waals surface area contributed by atoms with Crippen LogP contribution >= 0.6 is 11.6 Å². The van der Waals surface area contributed by atoms with Crippen molar-refractivity contribution in [2.45, 2.75) is 39.2 Å². The lowest BCUT2D eigenvalue weighted by Gasteiger charge is -2.34. The number of likely N-dealkylation sites (tertiary alicyclic amines) is 1. The number of piperidine rings is 1. The van der Waals surface area contributed by atoms with E-state index in [1.165, 1.54) is 0 Å². The molecule has 0 N–H and O–H groups in total. The first kappa shape index (κ1) is 20.4. The monoisotopic (exact) mass is 404 g/mol. The second-order valence-electron chi connectivity index (χ2n) is 7.03. The molecular formula is C21H25ClN2O4. The van der Waals surface area contributed by atoms with Crippen molar-refractivity contribution < 1.29 is 19.1 Å². The third kappa shape index (κ3) is 4.93. The van der Waals surface area contributed by atoms with Gasteiger partial charge in [-0.3, -0.25) is 14.6 Å². The van der Waals surface area contributed by atoms with Gasteiger partial charge in [0.25, 0.3) is 5.91 Å². The molecule has 0 spiro atoms. The van der Waals surface area contributed by atoms with Crippen molar-refractivity contribution in [2.75, 3.05) is 19.7 Å². The molecule has 2 atom stereocenters. The van der Waals surface area contributed by atoms with Crippen LogP contribution in [0.15, 0.2) is 30.5 Å². The summed E-state index contributed by atoms with van der Waals surface area (Å²) in [7, 11) is 0. The van der Waals surface area contributed by atoms with Gasteiger partial charge in [-0.05, 0) is 50.8 Å². The van der Waals surface area contributed by atoms with Crippen LogP contribution in [0.5, 0.6) is 5.75 Å². The number of pyridine rings is 1. The van der Waals surface area contributed by atoms with Crippen molar-refractivity contribution in [1.82, 2.24) is 9.88 Å². The summed E-state index contributed by atoms with van der Waals surface area (Å²) in [6.07, 6.45) is 3.17. The first-order valence-electron chi connectivity index (χ1n) is 9.63. The molecule has 1 unspecified atom stereocenters. The molecule has 1 fully saturated rings. The Kier molecular flexibility index (Phi) is 6.73.